The van der Waals surface area contributed by atoms with E-state index < -0.39 is 23.8 Å². The third kappa shape index (κ3) is 2.52. The van der Waals surface area contributed by atoms with E-state index in [2.05, 4.69) is 0 Å². The topological polar surface area (TPSA) is 55.6 Å². The second-order valence-electron chi connectivity index (χ2n) is 3.83. The molecule has 1 saturated heterocycles. The number of halogens is 2. The number of carbonyl (C=O) groups excluding carboxylic acids is 1. The van der Waals surface area contributed by atoms with Gasteiger partial charge < -0.3 is 15.4 Å². The highest BCUT2D eigenvalue weighted by molar-refractivity contribution is 5.69. The summed E-state index contributed by atoms with van der Waals surface area (Å²) in [6.45, 7) is 0.833. The van der Waals surface area contributed by atoms with Crippen molar-refractivity contribution >= 4 is 6.09 Å². The Bertz CT molecular complexity index is 439. The van der Waals surface area contributed by atoms with Gasteiger partial charge in [0.15, 0.2) is 0 Å². The molecule has 92 valence electrons. The Morgan fingerprint density at radius 3 is 2.88 bits per heavy atom. The van der Waals surface area contributed by atoms with Crippen LogP contribution in [0.25, 0.3) is 0 Å². The van der Waals surface area contributed by atoms with Crippen LogP contribution in [0.3, 0.4) is 0 Å². The number of amides is 1. The van der Waals surface area contributed by atoms with Crippen LogP contribution in [0.15, 0.2) is 18.2 Å². The second kappa shape index (κ2) is 4.67. The molecule has 2 N–H and O–H groups in total. The molecule has 0 aliphatic carbocycles. The molecular formula is C11H12F2N2O2. The van der Waals surface area contributed by atoms with Gasteiger partial charge in [-0.25, -0.2) is 13.6 Å². The lowest BCUT2D eigenvalue weighted by Crippen LogP contribution is -2.33. The fraction of sp³-hybridized carbons (Fsp3) is 0.364. The summed E-state index contributed by atoms with van der Waals surface area (Å²) in [5, 5.41) is 0. The average Bonchev–Trinajstić information content (AvgIpc) is 2.68. The van der Waals surface area contributed by atoms with Crippen molar-refractivity contribution < 1.29 is 18.3 Å². The first-order valence-electron chi connectivity index (χ1n) is 5.20. The Labute approximate surface area is 97.0 Å². The molecule has 0 saturated carbocycles. The summed E-state index contributed by atoms with van der Waals surface area (Å²) in [5.41, 5.74) is 5.81. The van der Waals surface area contributed by atoms with Crippen LogP contribution < -0.4 is 5.73 Å². The molecule has 0 aromatic heterocycles. The summed E-state index contributed by atoms with van der Waals surface area (Å²) < 4.78 is 31.1. The molecule has 0 radical (unpaired) electrons. The Morgan fingerprint density at radius 2 is 2.24 bits per heavy atom. The Kier molecular flexibility index (Phi) is 3.23. The highest BCUT2D eigenvalue weighted by atomic mass is 19.1. The van der Waals surface area contributed by atoms with Crippen molar-refractivity contribution in [3.63, 3.8) is 0 Å². The summed E-state index contributed by atoms with van der Waals surface area (Å²) in [5.74, 6) is -1.13. The lowest BCUT2D eigenvalue weighted by molar-refractivity contribution is 0.157. The van der Waals surface area contributed by atoms with E-state index in [0.717, 1.165) is 18.2 Å². The molecular weight excluding hydrogens is 230 g/mol. The molecule has 17 heavy (non-hydrogen) atoms. The number of nitrogens with two attached hydrogens (primary N) is 1. The molecule has 1 heterocycles. The summed E-state index contributed by atoms with van der Waals surface area (Å²) >= 11 is 0. The van der Waals surface area contributed by atoms with Crippen molar-refractivity contribution in [3.8, 4) is 0 Å². The predicted molar refractivity (Wildman–Crippen MR) is 56.2 cm³/mol. The van der Waals surface area contributed by atoms with Crippen molar-refractivity contribution in [2.75, 3.05) is 19.7 Å². The predicted octanol–water partition coefficient (Wildman–Crippen LogP) is 1.42. The van der Waals surface area contributed by atoms with Crippen LogP contribution in [0.2, 0.25) is 0 Å². The fourth-order valence-corrected chi connectivity index (χ4v) is 1.73. The first kappa shape index (κ1) is 11.8. The highest BCUT2D eigenvalue weighted by Crippen LogP contribution is 2.18. The molecule has 1 aromatic rings. The number of nitrogens with zero attached hydrogens (tertiary/aromatic N) is 1. The van der Waals surface area contributed by atoms with E-state index >= 15 is 0 Å². The van der Waals surface area contributed by atoms with Crippen LogP contribution in [0.4, 0.5) is 13.6 Å². The maximum atomic E-state index is 13.4. The molecule has 1 amide bonds. The quantitative estimate of drug-likeness (QED) is 0.872. The van der Waals surface area contributed by atoms with E-state index in [1.807, 2.05) is 0 Å². The number of carbonyl (C=O) groups is 1. The number of cyclic esters (lactones) is 1. The van der Waals surface area contributed by atoms with Crippen molar-refractivity contribution in [1.29, 1.82) is 0 Å². The van der Waals surface area contributed by atoms with Gasteiger partial charge in [-0.2, -0.15) is 0 Å². The standard InChI is InChI=1S/C11H12F2N2O2/c12-7-1-2-9(13)8(5-7)10(14)6-15-3-4-17-11(15)16/h1-2,5,10H,3-4,6,14H2. The molecule has 1 aliphatic rings. The van der Waals surface area contributed by atoms with Crippen LogP contribution in [0.1, 0.15) is 11.6 Å². The second-order valence-corrected chi connectivity index (χ2v) is 3.83. The zero-order chi connectivity index (χ0) is 12.4. The third-order valence-electron chi connectivity index (χ3n) is 2.62. The van der Waals surface area contributed by atoms with Gasteiger partial charge in [0, 0.05) is 12.1 Å². The molecule has 1 atom stereocenters. The monoisotopic (exact) mass is 242 g/mol. The lowest BCUT2D eigenvalue weighted by atomic mass is 10.1. The van der Waals surface area contributed by atoms with Gasteiger partial charge in [-0.05, 0) is 18.2 Å². The molecule has 1 unspecified atom stereocenters. The fourth-order valence-electron chi connectivity index (χ4n) is 1.73. The van der Waals surface area contributed by atoms with Crippen LogP contribution in [0, 0.1) is 11.6 Å². The Hall–Kier alpha value is -1.69. The molecule has 2 rings (SSSR count). The first-order valence-corrected chi connectivity index (χ1v) is 5.20. The van der Waals surface area contributed by atoms with Gasteiger partial charge in [-0.15, -0.1) is 0 Å². The van der Waals surface area contributed by atoms with Crippen LogP contribution in [0.5, 0.6) is 0 Å². The Morgan fingerprint density at radius 1 is 1.47 bits per heavy atom. The summed E-state index contributed by atoms with van der Waals surface area (Å²) in [7, 11) is 0. The SMILES string of the molecule is NC(CN1CCOC1=O)c1cc(F)ccc1F. The zero-order valence-corrected chi connectivity index (χ0v) is 9.03. The van der Waals surface area contributed by atoms with Crippen molar-refractivity contribution in [3.05, 3.63) is 35.4 Å². The summed E-state index contributed by atoms with van der Waals surface area (Å²) in [6, 6.07) is 2.32. The van der Waals surface area contributed by atoms with Crippen molar-refractivity contribution in [2.45, 2.75) is 6.04 Å². The van der Waals surface area contributed by atoms with Gasteiger partial charge >= 0.3 is 6.09 Å². The van der Waals surface area contributed by atoms with Gasteiger partial charge in [0.05, 0.1) is 12.6 Å². The molecule has 0 bridgehead atoms. The van der Waals surface area contributed by atoms with Crippen molar-refractivity contribution in [1.82, 2.24) is 4.90 Å². The van der Waals surface area contributed by atoms with E-state index in [1.54, 1.807) is 0 Å². The summed E-state index contributed by atoms with van der Waals surface area (Å²) in [6.07, 6.45) is -0.475. The van der Waals surface area contributed by atoms with E-state index in [-0.39, 0.29) is 12.1 Å². The van der Waals surface area contributed by atoms with E-state index in [9.17, 15) is 13.6 Å². The molecule has 6 heteroatoms. The smallest absolute Gasteiger partial charge is 0.410 e. The minimum absolute atomic E-state index is 0.0599. The zero-order valence-electron chi connectivity index (χ0n) is 9.03. The molecule has 1 fully saturated rings. The van der Waals surface area contributed by atoms with Gasteiger partial charge in [-0.3, -0.25) is 0 Å². The average molecular weight is 242 g/mol. The van der Waals surface area contributed by atoms with Gasteiger partial charge in [0.25, 0.3) is 0 Å². The highest BCUT2D eigenvalue weighted by Gasteiger charge is 2.25. The molecule has 1 aliphatic heterocycles. The molecule has 0 spiro atoms. The Balaban J connectivity index is 2.11. The van der Waals surface area contributed by atoms with E-state index in [1.165, 1.54) is 4.90 Å². The number of ether oxygens (including phenoxy) is 1. The number of hydrogen-bond donors (Lipinski definition) is 1. The van der Waals surface area contributed by atoms with Crippen LogP contribution in [-0.4, -0.2) is 30.7 Å². The first-order chi connectivity index (χ1) is 8.08. The van der Waals surface area contributed by atoms with E-state index in [4.69, 9.17) is 10.5 Å². The maximum absolute atomic E-state index is 13.4. The van der Waals surface area contributed by atoms with E-state index in [0.29, 0.717) is 13.2 Å². The van der Waals surface area contributed by atoms with Gasteiger partial charge in [-0.1, -0.05) is 0 Å². The maximum Gasteiger partial charge on any atom is 0.410 e. The molecule has 1 aromatic carbocycles. The van der Waals surface area contributed by atoms with Crippen LogP contribution in [-0.2, 0) is 4.74 Å². The third-order valence-corrected chi connectivity index (χ3v) is 2.62. The molecule has 4 nitrogen and oxygen atoms in total. The number of hydrogen-bond acceptors (Lipinski definition) is 3. The lowest BCUT2D eigenvalue weighted by Gasteiger charge is -2.19. The minimum atomic E-state index is -0.767. The number of rotatable bonds is 3. The van der Waals surface area contributed by atoms with Crippen LogP contribution >= 0.6 is 0 Å². The summed E-state index contributed by atoms with van der Waals surface area (Å²) in [4.78, 5) is 12.5. The van der Waals surface area contributed by atoms with Gasteiger partial charge in [0.1, 0.15) is 18.2 Å². The van der Waals surface area contributed by atoms with Gasteiger partial charge in [0.2, 0.25) is 0 Å². The largest absolute Gasteiger partial charge is 0.448 e. The van der Waals surface area contributed by atoms with Crippen molar-refractivity contribution in [2.24, 2.45) is 5.73 Å². The number of benzene rings is 1. The minimum Gasteiger partial charge on any atom is -0.448 e. The normalized spacial score (nSPS) is 17.1.